The van der Waals surface area contributed by atoms with E-state index in [-0.39, 0.29) is 42.1 Å². The summed E-state index contributed by atoms with van der Waals surface area (Å²) in [7, 11) is 1.22. The molecule has 1 atom stereocenters. The van der Waals surface area contributed by atoms with E-state index in [9.17, 15) is 32.3 Å². The van der Waals surface area contributed by atoms with Crippen molar-refractivity contribution in [3.63, 3.8) is 0 Å². The van der Waals surface area contributed by atoms with Crippen LogP contribution in [-0.2, 0) is 36.6 Å². The molecule has 1 heterocycles. The Kier molecular flexibility index (Phi) is 9.42. The molecule has 10 nitrogen and oxygen atoms in total. The number of ether oxygens (including phenoxy) is 3. The number of amides is 3. The van der Waals surface area contributed by atoms with Crippen LogP contribution in [0.15, 0.2) is 66.7 Å². The second kappa shape index (κ2) is 13.2. The maximum absolute atomic E-state index is 13.0. The molecule has 0 aromatic heterocycles. The Balaban J connectivity index is 1.50. The highest BCUT2D eigenvalue weighted by Crippen LogP contribution is 2.36. The first-order valence-corrected chi connectivity index (χ1v) is 12.7. The fourth-order valence-corrected chi connectivity index (χ4v) is 4.00. The van der Waals surface area contributed by atoms with Gasteiger partial charge in [0.25, 0.3) is 5.91 Å². The molecule has 3 aromatic carbocycles. The summed E-state index contributed by atoms with van der Waals surface area (Å²) in [5.74, 6) is -1.84. The normalized spacial score (nSPS) is 14.6. The van der Waals surface area contributed by atoms with Gasteiger partial charge in [-0.2, -0.15) is 13.2 Å². The van der Waals surface area contributed by atoms with E-state index in [4.69, 9.17) is 9.47 Å². The highest BCUT2D eigenvalue weighted by atomic mass is 19.4. The van der Waals surface area contributed by atoms with Gasteiger partial charge in [-0.3, -0.25) is 19.2 Å². The Hall–Kier alpha value is -4.91. The smallest absolute Gasteiger partial charge is 0.416 e. The number of methoxy groups -OCH3 is 1. The van der Waals surface area contributed by atoms with Gasteiger partial charge in [-0.05, 0) is 48.4 Å². The lowest BCUT2D eigenvalue weighted by Crippen LogP contribution is -2.41. The van der Waals surface area contributed by atoms with Gasteiger partial charge in [0.1, 0.15) is 18.4 Å². The minimum absolute atomic E-state index is 0.00543. The summed E-state index contributed by atoms with van der Waals surface area (Å²) in [6.07, 6.45) is -4.55. The molecule has 0 fully saturated rings. The van der Waals surface area contributed by atoms with Crippen molar-refractivity contribution in [3.05, 3.63) is 83.4 Å². The van der Waals surface area contributed by atoms with Crippen molar-refractivity contribution in [3.8, 4) is 11.5 Å². The minimum Gasteiger partial charge on any atom is -0.469 e. The highest BCUT2D eigenvalue weighted by Gasteiger charge is 2.31. The SMILES string of the molecule is COC(=O)CC[C@H]1NC(=O)c2cc(Oc3ccccc3)c(NC(=O)COCc3ccc(C(F)(F)F)cc3)cc2NC1=O. The van der Waals surface area contributed by atoms with Crippen LogP contribution in [0.25, 0.3) is 0 Å². The molecule has 0 radical (unpaired) electrons. The molecular formula is C29H26F3N3O7. The topological polar surface area (TPSA) is 132 Å². The van der Waals surface area contributed by atoms with Crippen LogP contribution in [0.2, 0.25) is 0 Å². The van der Waals surface area contributed by atoms with E-state index in [1.54, 1.807) is 30.3 Å². The summed E-state index contributed by atoms with van der Waals surface area (Å²) in [5, 5.41) is 7.85. The predicted molar refractivity (Wildman–Crippen MR) is 144 cm³/mol. The first-order chi connectivity index (χ1) is 20.0. The van der Waals surface area contributed by atoms with Crippen LogP contribution < -0.4 is 20.7 Å². The van der Waals surface area contributed by atoms with Crippen molar-refractivity contribution >= 4 is 35.1 Å². The molecule has 3 aromatic rings. The fraction of sp³-hybridized carbons (Fsp3) is 0.241. The standard InChI is InChI=1S/C29H26F3N3O7/c1-40-26(37)12-11-21-28(39)35-22-14-23(24(13-20(22)27(38)34-21)42-19-5-3-2-4-6-19)33-25(36)16-41-15-17-7-9-18(10-8-17)29(30,31)32/h2-10,13-14,21H,11-12,15-16H2,1H3,(H,33,36)(H,34,38)(H,35,39)/t21-/m1/s1. The average Bonchev–Trinajstić information content (AvgIpc) is 3.07. The minimum atomic E-state index is -4.46. The molecule has 0 spiro atoms. The number of nitrogens with one attached hydrogen (secondary N) is 3. The van der Waals surface area contributed by atoms with Crippen LogP contribution in [0.4, 0.5) is 24.5 Å². The molecule has 3 N–H and O–H groups in total. The third-order valence-corrected chi connectivity index (χ3v) is 6.14. The number of rotatable bonds is 10. The molecule has 3 amide bonds. The van der Waals surface area contributed by atoms with Crippen molar-refractivity contribution in [2.75, 3.05) is 24.4 Å². The molecule has 0 saturated heterocycles. The monoisotopic (exact) mass is 585 g/mol. The summed E-state index contributed by atoms with van der Waals surface area (Å²) in [5.41, 5.74) is -0.0918. The van der Waals surface area contributed by atoms with Gasteiger partial charge in [-0.1, -0.05) is 30.3 Å². The second-order valence-corrected chi connectivity index (χ2v) is 9.17. The first-order valence-electron chi connectivity index (χ1n) is 12.7. The largest absolute Gasteiger partial charge is 0.469 e. The highest BCUT2D eigenvalue weighted by molar-refractivity contribution is 6.11. The maximum Gasteiger partial charge on any atom is 0.416 e. The number of benzene rings is 3. The zero-order valence-corrected chi connectivity index (χ0v) is 22.2. The number of halogens is 3. The van der Waals surface area contributed by atoms with Gasteiger partial charge in [-0.25, -0.2) is 0 Å². The molecule has 1 aliphatic rings. The van der Waals surface area contributed by atoms with Gasteiger partial charge in [0, 0.05) is 6.42 Å². The number of carbonyl (C=O) groups is 4. The fourth-order valence-electron chi connectivity index (χ4n) is 4.00. The van der Waals surface area contributed by atoms with Gasteiger partial charge in [0.15, 0.2) is 5.75 Å². The number of hydrogen-bond acceptors (Lipinski definition) is 7. The van der Waals surface area contributed by atoms with E-state index < -0.39 is 48.1 Å². The third-order valence-electron chi connectivity index (χ3n) is 6.14. The number of carbonyl (C=O) groups excluding carboxylic acids is 4. The maximum atomic E-state index is 13.0. The first kappa shape index (κ1) is 30.1. The van der Waals surface area contributed by atoms with Gasteiger partial charge in [-0.15, -0.1) is 0 Å². The Morgan fingerprint density at radius 1 is 1.00 bits per heavy atom. The molecular weight excluding hydrogens is 559 g/mol. The Bertz CT molecular complexity index is 1460. The van der Waals surface area contributed by atoms with E-state index in [1.165, 1.54) is 31.4 Å². The lowest BCUT2D eigenvalue weighted by Gasteiger charge is -2.16. The molecule has 0 unspecified atom stereocenters. The summed E-state index contributed by atoms with van der Waals surface area (Å²) in [4.78, 5) is 50.1. The van der Waals surface area contributed by atoms with E-state index in [2.05, 4.69) is 20.7 Å². The zero-order chi connectivity index (χ0) is 30.3. The van der Waals surface area contributed by atoms with Crippen molar-refractivity contribution in [2.45, 2.75) is 31.7 Å². The molecule has 220 valence electrons. The van der Waals surface area contributed by atoms with Crippen molar-refractivity contribution < 1.29 is 46.6 Å². The van der Waals surface area contributed by atoms with Crippen LogP contribution in [0, 0.1) is 0 Å². The summed E-state index contributed by atoms with van der Waals surface area (Å²) >= 11 is 0. The van der Waals surface area contributed by atoms with Crippen LogP contribution in [0.1, 0.15) is 34.3 Å². The lowest BCUT2D eigenvalue weighted by molar-refractivity contribution is -0.141. The molecule has 0 saturated carbocycles. The van der Waals surface area contributed by atoms with Gasteiger partial charge >= 0.3 is 12.1 Å². The van der Waals surface area contributed by atoms with Crippen LogP contribution in [0.5, 0.6) is 11.5 Å². The quantitative estimate of drug-likeness (QED) is 0.295. The van der Waals surface area contributed by atoms with Crippen molar-refractivity contribution in [1.82, 2.24) is 5.32 Å². The number of anilines is 2. The van der Waals surface area contributed by atoms with Crippen LogP contribution in [-0.4, -0.2) is 43.4 Å². The summed E-state index contributed by atoms with van der Waals surface area (Å²) < 4.78 is 54.2. The Morgan fingerprint density at radius 2 is 1.71 bits per heavy atom. The van der Waals surface area contributed by atoms with E-state index >= 15 is 0 Å². The average molecular weight is 586 g/mol. The second-order valence-electron chi connectivity index (χ2n) is 9.17. The van der Waals surface area contributed by atoms with E-state index in [0.717, 1.165) is 12.1 Å². The number of para-hydroxylation sites is 1. The van der Waals surface area contributed by atoms with Crippen LogP contribution in [0.3, 0.4) is 0 Å². The number of fused-ring (bicyclic) bond motifs is 1. The van der Waals surface area contributed by atoms with Gasteiger partial charge < -0.3 is 30.2 Å². The molecule has 13 heteroatoms. The molecule has 0 aliphatic carbocycles. The third kappa shape index (κ3) is 7.85. The summed E-state index contributed by atoms with van der Waals surface area (Å²) in [6, 6.07) is 14.6. The van der Waals surface area contributed by atoms with Crippen molar-refractivity contribution in [1.29, 1.82) is 0 Å². The van der Waals surface area contributed by atoms with E-state index in [1.807, 2.05) is 0 Å². The molecule has 4 rings (SSSR count). The number of esters is 1. The Morgan fingerprint density at radius 3 is 2.38 bits per heavy atom. The van der Waals surface area contributed by atoms with Crippen LogP contribution >= 0.6 is 0 Å². The lowest BCUT2D eigenvalue weighted by atomic mass is 10.1. The van der Waals surface area contributed by atoms with Gasteiger partial charge in [0.05, 0.1) is 36.2 Å². The molecule has 42 heavy (non-hydrogen) atoms. The molecule has 1 aliphatic heterocycles. The summed E-state index contributed by atoms with van der Waals surface area (Å²) in [6.45, 7) is -0.572. The number of alkyl halides is 3. The Labute approximate surface area is 238 Å². The van der Waals surface area contributed by atoms with E-state index in [0.29, 0.717) is 11.3 Å². The van der Waals surface area contributed by atoms with Gasteiger partial charge in [0.2, 0.25) is 11.8 Å². The predicted octanol–water partition coefficient (Wildman–Crippen LogP) is 4.66. The number of hydrogen-bond donors (Lipinski definition) is 3. The van der Waals surface area contributed by atoms with Crippen molar-refractivity contribution in [2.24, 2.45) is 0 Å². The zero-order valence-electron chi connectivity index (χ0n) is 22.2. The molecule has 0 bridgehead atoms.